The van der Waals surface area contributed by atoms with Crippen LogP contribution in [0.3, 0.4) is 0 Å². The standard InChI is InChI=1S/2C50H38N4/c1-3-50(4-2)42-23-12-14-25-45(42)54-44-24-13-11-22-40(44)41-31-39(32-43(50)46(41)54)38-21-15-20-37(30-38)33-26-28-36(29-27-33)49-52-47(34-16-7-5-8-17-34)51-48(53-49)35-18-9-6-10-19-35;1-3-50(4-2)42-23-14-22-41-40-21-11-12-24-44(40)54(46(41)42)45-30-29-39(32-43(45)50)38-20-13-19-37(31-38)33-25-27-36(28-26-33)49-52-47(34-15-7-5-8-16-34)51-48(53-49)35-17-9-6-10-18-35/h2*5-32H,3-4H2,1-2H3. The number of aromatic nitrogens is 8. The van der Waals surface area contributed by atoms with Crippen LogP contribution in [-0.2, 0) is 10.8 Å². The second-order valence-corrected chi connectivity index (χ2v) is 28.5. The van der Waals surface area contributed by atoms with Crippen molar-refractivity contribution in [2.75, 3.05) is 0 Å². The molecule has 6 heterocycles. The highest BCUT2D eigenvalue weighted by molar-refractivity contribution is 6.14. The van der Waals surface area contributed by atoms with E-state index in [1.54, 1.807) is 0 Å². The maximum absolute atomic E-state index is 4.94. The highest BCUT2D eigenvalue weighted by atomic mass is 15.1. The molecule has 20 rings (SSSR count). The van der Waals surface area contributed by atoms with Crippen molar-refractivity contribution >= 4 is 43.6 Å². The first-order valence-electron chi connectivity index (χ1n) is 37.8. The van der Waals surface area contributed by atoms with E-state index in [2.05, 4.69) is 255 Å². The second-order valence-electron chi connectivity index (χ2n) is 28.5. The fourth-order valence-electron chi connectivity index (χ4n) is 17.5. The van der Waals surface area contributed by atoms with Gasteiger partial charge in [-0.2, -0.15) is 0 Å². The minimum absolute atomic E-state index is 0.0710. The van der Waals surface area contributed by atoms with Gasteiger partial charge in [-0.15, -0.1) is 0 Å². The van der Waals surface area contributed by atoms with Crippen LogP contribution < -0.4 is 0 Å². The molecule has 0 amide bonds. The molecule has 8 nitrogen and oxygen atoms in total. The van der Waals surface area contributed by atoms with E-state index in [1.807, 2.05) is 121 Å². The molecule has 18 aromatic rings. The van der Waals surface area contributed by atoms with Gasteiger partial charge in [0.25, 0.3) is 0 Å². The first-order chi connectivity index (χ1) is 53.3. The predicted octanol–water partition coefficient (Wildman–Crippen LogP) is 25.4. The average Bonchev–Trinajstić information content (AvgIpc) is 1.49. The third-order valence-corrected chi connectivity index (χ3v) is 23.1. The topological polar surface area (TPSA) is 87.2 Å². The van der Waals surface area contributed by atoms with Crippen LogP contribution in [0.1, 0.15) is 75.6 Å². The van der Waals surface area contributed by atoms with Crippen LogP contribution in [0.15, 0.2) is 340 Å². The Kier molecular flexibility index (Phi) is 16.4. The lowest BCUT2D eigenvalue weighted by molar-refractivity contribution is 0.474. The molecule has 4 aromatic heterocycles. The Balaban J connectivity index is 0.000000147. The summed E-state index contributed by atoms with van der Waals surface area (Å²) in [6.45, 7) is 9.40. The molecule has 0 bridgehead atoms. The summed E-state index contributed by atoms with van der Waals surface area (Å²) in [5, 5.41) is 5.27. The molecule has 0 saturated carbocycles. The molecule has 14 aromatic carbocycles. The molecule has 108 heavy (non-hydrogen) atoms. The number of nitrogens with zero attached hydrogens (tertiary/aromatic N) is 8. The molecule has 0 N–H and O–H groups in total. The molecule has 0 spiro atoms. The van der Waals surface area contributed by atoms with Crippen molar-refractivity contribution in [2.45, 2.75) is 64.2 Å². The zero-order valence-electron chi connectivity index (χ0n) is 60.7. The molecule has 0 saturated heterocycles. The van der Waals surface area contributed by atoms with E-state index in [4.69, 9.17) is 29.9 Å². The highest BCUT2D eigenvalue weighted by Crippen LogP contribution is 2.54. The Bertz CT molecular complexity index is 6330. The number of benzene rings is 14. The lowest BCUT2D eigenvalue weighted by Gasteiger charge is -2.39. The number of rotatable bonds is 14. The van der Waals surface area contributed by atoms with Crippen molar-refractivity contribution < 1.29 is 0 Å². The van der Waals surface area contributed by atoms with Crippen molar-refractivity contribution in [3.05, 3.63) is 362 Å². The Labute approximate surface area is 629 Å². The Hall–Kier alpha value is -13.3. The largest absolute Gasteiger partial charge is 0.309 e. The van der Waals surface area contributed by atoms with Gasteiger partial charge < -0.3 is 9.13 Å². The van der Waals surface area contributed by atoms with Gasteiger partial charge >= 0.3 is 0 Å². The smallest absolute Gasteiger partial charge is 0.164 e. The Morgan fingerprint density at radius 2 is 0.500 bits per heavy atom. The van der Waals surface area contributed by atoms with Gasteiger partial charge in [-0.25, -0.2) is 29.9 Å². The fraction of sp³-hybridized carbons (Fsp3) is 0.100. The summed E-state index contributed by atoms with van der Waals surface area (Å²) in [6.07, 6.45) is 4.14. The summed E-state index contributed by atoms with van der Waals surface area (Å²) >= 11 is 0. The lowest BCUT2D eigenvalue weighted by Crippen LogP contribution is -2.31. The number of fused-ring (bicyclic) bond motifs is 10. The van der Waals surface area contributed by atoms with Gasteiger partial charge in [0.15, 0.2) is 34.9 Å². The summed E-state index contributed by atoms with van der Waals surface area (Å²) in [5.41, 5.74) is 28.6. The molecular formula is C100H76N8. The zero-order chi connectivity index (χ0) is 72.5. The number of hydrogen-bond donors (Lipinski definition) is 0. The molecule has 0 radical (unpaired) electrons. The quantitative estimate of drug-likeness (QED) is 0.108. The summed E-state index contributed by atoms with van der Waals surface area (Å²) in [7, 11) is 0. The van der Waals surface area contributed by atoms with Gasteiger partial charge in [0, 0.05) is 65.8 Å². The van der Waals surface area contributed by atoms with E-state index in [1.165, 1.54) is 111 Å². The second kappa shape index (κ2) is 27.0. The zero-order valence-corrected chi connectivity index (χ0v) is 60.7. The Morgan fingerprint density at radius 1 is 0.204 bits per heavy atom. The molecule has 0 aliphatic carbocycles. The Morgan fingerprint density at radius 3 is 0.963 bits per heavy atom. The normalized spacial score (nSPS) is 12.9. The highest BCUT2D eigenvalue weighted by Gasteiger charge is 2.42. The summed E-state index contributed by atoms with van der Waals surface area (Å²) < 4.78 is 5.03. The lowest BCUT2D eigenvalue weighted by atomic mass is 9.67. The van der Waals surface area contributed by atoms with Crippen molar-refractivity contribution in [3.63, 3.8) is 0 Å². The van der Waals surface area contributed by atoms with Gasteiger partial charge in [-0.1, -0.05) is 313 Å². The third-order valence-electron chi connectivity index (χ3n) is 23.1. The maximum Gasteiger partial charge on any atom is 0.164 e. The van der Waals surface area contributed by atoms with Crippen molar-refractivity contribution in [1.29, 1.82) is 0 Å². The number of para-hydroxylation sites is 4. The SMILES string of the molecule is CCC1(CC)c2cc(-c3cccc(-c4ccc(-c5nc(-c6ccccc6)nc(-c6ccccc6)n5)cc4)c3)ccc2-n2c3ccccc3c3cccc1c32.CCC1(CC)c2ccccc2-n2c3ccccc3c3cc(-c4cccc(-c5ccc(-c6nc(-c7ccccc7)nc(-c7ccccc7)n6)cc5)c4)cc1c32. The first kappa shape index (κ1) is 65.5. The molecule has 2 aliphatic heterocycles. The minimum atomic E-state index is -0.0710. The van der Waals surface area contributed by atoms with Gasteiger partial charge in [-0.3, -0.25) is 0 Å². The molecule has 0 fully saturated rings. The minimum Gasteiger partial charge on any atom is -0.309 e. The van der Waals surface area contributed by atoms with E-state index in [-0.39, 0.29) is 10.8 Å². The van der Waals surface area contributed by atoms with E-state index >= 15 is 0 Å². The molecular weight excluding hydrogens is 1310 g/mol. The maximum atomic E-state index is 4.94. The van der Waals surface area contributed by atoms with Gasteiger partial charge in [0.05, 0.1) is 33.4 Å². The van der Waals surface area contributed by atoms with E-state index in [9.17, 15) is 0 Å². The molecule has 2 aliphatic rings. The summed E-state index contributed by atoms with van der Waals surface area (Å²) in [6, 6.07) is 121. The summed E-state index contributed by atoms with van der Waals surface area (Å²) in [5.74, 6) is 3.95. The van der Waals surface area contributed by atoms with E-state index < -0.39 is 0 Å². The predicted molar refractivity (Wildman–Crippen MR) is 445 cm³/mol. The van der Waals surface area contributed by atoms with Crippen LogP contribution in [0.25, 0.3) is 168 Å². The summed E-state index contributed by atoms with van der Waals surface area (Å²) in [4.78, 5) is 29.5. The number of hydrogen-bond acceptors (Lipinski definition) is 6. The molecule has 0 atom stereocenters. The van der Waals surface area contributed by atoms with Gasteiger partial charge in [0.2, 0.25) is 0 Å². The monoisotopic (exact) mass is 1390 g/mol. The molecule has 516 valence electrons. The van der Waals surface area contributed by atoms with Crippen LogP contribution in [0.4, 0.5) is 0 Å². The van der Waals surface area contributed by atoms with Crippen molar-refractivity contribution in [2.24, 2.45) is 0 Å². The van der Waals surface area contributed by atoms with Crippen LogP contribution in [0, 0.1) is 0 Å². The molecule has 0 unspecified atom stereocenters. The van der Waals surface area contributed by atoms with Crippen LogP contribution in [0.5, 0.6) is 0 Å². The van der Waals surface area contributed by atoms with Crippen molar-refractivity contribution in [3.8, 4) is 124 Å². The fourth-order valence-corrected chi connectivity index (χ4v) is 17.5. The molecule has 8 heteroatoms. The van der Waals surface area contributed by atoms with Gasteiger partial charge in [-0.05, 0) is 147 Å². The first-order valence-corrected chi connectivity index (χ1v) is 37.8. The van der Waals surface area contributed by atoms with Crippen LogP contribution in [0.2, 0.25) is 0 Å². The van der Waals surface area contributed by atoms with Gasteiger partial charge in [0.1, 0.15) is 0 Å². The van der Waals surface area contributed by atoms with Crippen LogP contribution in [-0.4, -0.2) is 39.0 Å². The van der Waals surface area contributed by atoms with E-state index in [0.717, 1.165) is 70.2 Å². The third kappa shape index (κ3) is 11.0. The average molecular weight is 1390 g/mol. The van der Waals surface area contributed by atoms with Crippen LogP contribution >= 0.6 is 0 Å². The van der Waals surface area contributed by atoms with Crippen molar-refractivity contribution in [1.82, 2.24) is 39.0 Å². The van der Waals surface area contributed by atoms with E-state index in [0.29, 0.717) is 34.9 Å².